The summed E-state index contributed by atoms with van der Waals surface area (Å²) in [5, 5.41) is 29.7. The number of aliphatic imine (C=N–C) groups is 3. The van der Waals surface area contributed by atoms with Crippen molar-refractivity contribution >= 4 is 48.0 Å². The van der Waals surface area contributed by atoms with Gasteiger partial charge in [0.2, 0.25) is 0 Å². The quantitative estimate of drug-likeness (QED) is 0.108. The van der Waals surface area contributed by atoms with E-state index in [9.17, 15) is 0 Å². The average Bonchev–Trinajstić information content (AvgIpc) is 4.53. The molecule has 24 nitrogen and oxygen atoms in total. The molecular weight excluding hydrogens is 1290 g/mol. The summed E-state index contributed by atoms with van der Waals surface area (Å²) in [6.07, 6.45) is 76.7. The van der Waals surface area contributed by atoms with Crippen LogP contribution in [0.1, 0.15) is 103 Å². The van der Waals surface area contributed by atoms with E-state index in [2.05, 4.69) is 130 Å². The van der Waals surface area contributed by atoms with Gasteiger partial charge in [-0.2, -0.15) is 0 Å². The van der Waals surface area contributed by atoms with E-state index in [1.165, 1.54) is 102 Å². The Morgan fingerprint density at radius 2 is 0.867 bits per heavy atom. The molecular formula is C72H122N14O10S2. The molecule has 0 radical (unpaired) electrons. The second-order valence-corrected chi connectivity index (χ2v) is 22.5. The molecule has 0 bridgehead atoms. The zero-order chi connectivity index (χ0) is 69.3. The third-order valence-corrected chi connectivity index (χ3v) is 13.5. The van der Waals surface area contributed by atoms with Gasteiger partial charge in [0.05, 0.1) is 89.0 Å². The molecule has 18 aliphatic rings. The first kappa shape index (κ1) is 87.9. The third kappa shape index (κ3) is 82.1. The van der Waals surface area contributed by atoms with Crippen LogP contribution >= 0.6 is 23.5 Å². The fraction of sp³-hybridized carbons (Fsp3) is 0.556. The van der Waals surface area contributed by atoms with Gasteiger partial charge >= 0.3 is 0 Å². The molecule has 10 N–H and O–H groups in total. The average molecular weight is 1410 g/mol. The van der Waals surface area contributed by atoms with E-state index in [0.717, 1.165) is 150 Å². The molecule has 0 saturated heterocycles. The van der Waals surface area contributed by atoms with Gasteiger partial charge in [-0.1, -0.05) is 41.6 Å². The molecule has 552 valence electrons. The van der Waals surface area contributed by atoms with Crippen molar-refractivity contribution < 1.29 is 47.5 Å². The van der Waals surface area contributed by atoms with Crippen molar-refractivity contribution in [2.24, 2.45) is 20.1 Å². The maximum atomic E-state index is 5.01. The number of hydrazine groups is 1. The summed E-state index contributed by atoms with van der Waals surface area (Å²) < 4.78 is 43.1. The molecule has 0 saturated carbocycles. The molecule has 0 aromatic carbocycles. The zero-order valence-electron chi connectivity index (χ0n) is 58.4. The normalized spacial score (nSPS) is 19.5. The molecule has 0 aromatic heterocycles. The fourth-order valence-corrected chi connectivity index (χ4v) is 7.82. The van der Waals surface area contributed by atoms with Crippen molar-refractivity contribution in [1.29, 1.82) is 0 Å². The van der Waals surface area contributed by atoms with Crippen LogP contribution in [-0.4, -0.2) is 181 Å². The lowest BCUT2D eigenvalue weighted by Gasteiger charge is -2.05. The van der Waals surface area contributed by atoms with Crippen LogP contribution in [-0.2, 0) is 47.5 Å². The minimum atomic E-state index is 0.691. The number of rotatable bonds is 0. The number of hydrogen-bond donors (Lipinski definition) is 10. The predicted molar refractivity (Wildman–Crippen MR) is 410 cm³/mol. The van der Waals surface area contributed by atoms with Crippen LogP contribution < -0.4 is 53.4 Å². The van der Waals surface area contributed by atoms with Gasteiger partial charge in [0.15, 0.2) is 6.40 Å². The SMILES string of the molecule is C1=CNC1.C1=CNCC1.C1=CNCC1.C1=CNCCC1.C1=CNCCC1.C1=CNCCCC1.C1=CNNC1.C1=COC1.C1=COCC1.C1=COCCC1.C1=COCCCC1.C1=COCCN1.C1=COCCO1.C1=CSCCO1.C1=NCCN1.C1=NCCO1.C1=NCCS1.C1=NOCC1. The predicted octanol–water partition coefficient (Wildman–Crippen LogP) is 10.8. The van der Waals surface area contributed by atoms with Crippen molar-refractivity contribution in [3.63, 3.8) is 0 Å². The molecule has 0 aromatic rings. The van der Waals surface area contributed by atoms with E-state index < -0.39 is 0 Å². The standard InChI is InChI=1S/C6H11N.C6H10O.2C5H9N.C5H8O.C4H7NO.2C4H7N.C4H6O2.C4H6OS.C4H6O.2C3H6N2.2C3H5NO.C3H5NS.C3H5N.C3H4O/c2*1-2-4-6-7-5-3-1;3*1-2-4-6-5-3-1;1-3-6-4-2-5-1;2*1-2-4-5-3-1;1-2-6-4-3-5-1;1-3-6-4-2-5-1;1-2-4-5-3-1;1-2-5-3-4-1;1-2-4-5-3-1;1-2-5-3-4-1;1-2-4-5-3-1;1-2-5-3-4-1;2*1-2-4-3-1/h3,5,7H,1-2,4,6H2;3,5H,1-2,4,6H2;2*2,4,6H,1,3,5H2;2,4H,1,3,5H2;1,3,5H,2,4H2;2*1,3,5H,2,4H2;1-2H,3-4H2;1,3H,2,4H2;1,3H,2,4H2;3H,1-2H2,(H,4,5);1-2,4-5H,3H2;3H,1-2H2;2H,1,3H2;3H,1-2H2;1-2,4H,3H2;1-2H,3H2. The number of nitrogens with zero attached hydrogens (tertiary/aromatic N) is 4. The van der Waals surface area contributed by atoms with Gasteiger partial charge in [0.1, 0.15) is 52.2 Å². The molecule has 0 fully saturated rings. The highest BCUT2D eigenvalue weighted by Gasteiger charge is 1.94. The van der Waals surface area contributed by atoms with Crippen molar-refractivity contribution in [2.45, 2.75) is 103 Å². The van der Waals surface area contributed by atoms with E-state index in [0.29, 0.717) is 13.2 Å². The first-order valence-corrected chi connectivity index (χ1v) is 36.9. The van der Waals surface area contributed by atoms with Crippen molar-refractivity contribution in [3.8, 4) is 0 Å². The molecule has 98 heavy (non-hydrogen) atoms. The molecule has 0 amide bonds. The first-order chi connectivity index (χ1) is 49.0. The fourth-order valence-electron chi connectivity index (χ4n) is 6.81. The Morgan fingerprint density at radius 3 is 1.10 bits per heavy atom. The molecule has 0 spiro atoms. The van der Waals surface area contributed by atoms with Gasteiger partial charge in [-0.05, 0) is 157 Å². The molecule has 18 aliphatic heterocycles. The maximum Gasteiger partial charge on any atom is 0.169 e. The molecule has 18 heterocycles. The van der Waals surface area contributed by atoms with Crippen LogP contribution in [0.4, 0.5) is 0 Å². The number of nitrogens with one attached hydrogen (secondary N) is 10. The monoisotopic (exact) mass is 1410 g/mol. The van der Waals surface area contributed by atoms with Crippen molar-refractivity contribution in [3.05, 3.63) is 172 Å². The van der Waals surface area contributed by atoms with Crippen molar-refractivity contribution in [1.82, 2.24) is 53.4 Å². The smallest absolute Gasteiger partial charge is 0.169 e. The van der Waals surface area contributed by atoms with E-state index >= 15 is 0 Å². The summed E-state index contributed by atoms with van der Waals surface area (Å²) in [6, 6.07) is 0. The van der Waals surface area contributed by atoms with E-state index in [1.807, 2.05) is 78.7 Å². The van der Waals surface area contributed by atoms with Gasteiger partial charge in [-0.25, -0.2) is 5.43 Å². The summed E-state index contributed by atoms with van der Waals surface area (Å²) in [4.78, 5) is 16.0. The largest absolute Gasteiger partial charge is 0.502 e. The Balaban J connectivity index is 0.000000520. The van der Waals surface area contributed by atoms with Crippen LogP contribution in [0, 0.1) is 0 Å². The Kier molecular flexibility index (Phi) is 76.2. The summed E-state index contributed by atoms with van der Waals surface area (Å²) in [5.41, 5.74) is 7.56. The van der Waals surface area contributed by atoms with E-state index in [1.54, 1.807) is 92.4 Å². The van der Waals surface area contributed by atoms with Gasteiger partial charge in [0, 0.05) is 114 Å². The Labute approximate surface area is 596 Å². The lowest BCUT2D eigenvalue weighted by Crippen LogP contribution is -2.19. The van der Waals surface area contributed by atoms with Gasteiger partial charge < -0.3 is 95.4 Å². The summed E-state index contributed by atoms with van der Waals surface area (Å²) in [6.45, 7) is 20.8. The number of ether oxygens (including phenoxy) is 9. The zero-order valence-corrected chi connectivity index (χ0v) is 60.1. The highest BCUT2D eigenvalue weighted by Crippen LogP contribution is 2.06. The molecule has 26 heteroatoms. The first-order valence-electron chi connectivity index (χ1n) is 34.8. The summed E-state index contributed by atoms with van der Waals surface area (Å²) in [7, 11) is 0. The van der Waals surface area contributed by atoms with Crippen molar-refractivity contribution in [2.75, 3.05) is 156 Å². The van der Waals surface area contributed by atoms with E-state index in [-0.39, 0.29) is 0 Å². The van der Waals surface area contributed by atoms with Crippen LogP contribution in [0.3, 0.4) is 0 Å². The second kappa shape index (κ2) is 85.0. The summed E-state index contributed by atoms with van der Waals surface area (Å²) >= 11 is 3.57. The third-order valence-electron chi connectivity index (χ3n) is 12.1. The lowest BCUT2D eigenvalue weighted by molar-refractivity contribution is 0.108. The minimum absolute atomic E-state index is 0.691. The topological polar surface area (TPSA) is 262 Å². The highest BCUT2D eigenvalue weighted by atomic mass is 32.2. The molecule has 0 atom stereocenters. The Morgan fingerprint density at radius 1 is 0.306 bits per heavy atom. The number of hydrogen-bond acceptors (Lipinski definition) is 26. The van der Waals surface area contributed by atoms with Gasteiger partial charge in [-0.15, -0.1) is 23.5 Å². The maximum absolute atomic E-state index is 5.01. The van der Waals surface area contributed by atoms with Gasteiger partial charge in [0.25, 0.3) is 0 Å². The highest BCUT2D eigenvalue weighted by molar-refractivity contribution is 8.12. The Hall–Kier alpha value is -8.10. The minimum Gasteiger partial charge on any atom is -0.502 e. The van der Waals surface area contributed by atoms with Crippen LogP contribution in [0.2, 0.25) is 0 Å². The second-order valence-electron chi connectivity index (χ2n) is 20.6. The summed E-state index contributed by atoms with van der Waals surface area (Å²) in [5.74, 6) is 2.30. The molecule has 0 aliphatic carbocycles. The van der Waals surface area contributed by atoms with E-state index in [4.69, 9.17) is 33.2 Å². The van der Waals surface area contributed by atoms with Gasteiger partial charge in [-0.3, -0.25) is 15.0 Å². The number of thioether (sulfide) groups is 2. The number of oxime groups is 1. The molecule has 0 unspecified atom stereocenters. The van der Waals surface area contributed by atoms with Crippen LogP contribution in [0.5, 0.6) is 0 Å². The van der Waals surface area contributed by atoms with Crippen LogP contribution in [0.15, 0.2) is 192 Å². The molecule has 18 rings (SSSR count). The Bertz CT molecular complexity index is 1760. The van der Waals surface area contributed by atoms with Crippen LogP contribution in [0.25, 0.3) is 0 Å². The lowest BCUT2D eigenvalue weighted by atomic mass is 10.2. The number of allylic oxidation sites excluding steroid dienone is 5.